The molecule has 0 radical (unpaired) electrons. The molecule has 4 nitrogen and oxygen atoms in total. The van der Waals surface area contributed by atoms with Gasteiger partial charge in [0, 0.05) is 24.9 Å². The average Bonchev–Trinajstić information content (AvgIpc) is 2.00. The molecule has 0 aromatic heterocycles. The van der Waals surface area contributed by atoms with E-state index in [-0.39, 0.29) is 6.04 Å². The minimum Gasteiger partial charge on any atom is -0.481 e. The molecule has 0 saturated carbocycles. The molecule has 0 unspecified atom stereocenters. The lowest BCUT2D eigenvalue weighted by Gasteiger charge is -2.07. The summed E-state index contributed by atoms with van der Waals surface area (Å²) in [4.78, 5) is 9.00. The predicted molar refractivity (Wildman–Crippen MR) is 56.2 cm³/mol. The highest BCUT2D eigenvalue weighted by atomic mass is 79.9. The van der Waals surface area contributed by atoms with E-state index in [1.807, 2.05) is 6.92 Å². The lowest BCUT2D eigenvalue weighted by atomic mass is 10.3. The van der Waals surface area contributed by atoms with E-state index in [0.717, 1.165) is 25.3 Å². The topological polar surface area (TPSA) is 72.5 Å². The SMILES string of the molecule is CC(=O)O.CCOC[C@H](N)CCBr. The zero-order valence-corrected chi connectivity index (χ0v) is 9.71. The van der Waals surface area contributed by atoms with Crippen LogP contribution in [0, 0.1) is 0 Å². The fourth-order valence-electron chi connectivity index (χ4n) is 0.493. The van der Waals surface area contributed by atoms with E-state index in [0.29, 0.717) is 6.61 Å². The molecule has 0 aromatic rings. The first-order valence-corrected chi connectivity index (χ1v) is 5.25. The average molecular weight is 256 g/mol. The number of rotatable bonds is 5. The van der Waals surface area contributed by atoms with Crippen LogP contribution in [0.4, 0.5) is 0 Å². The summed E-state index contributed by atoms with van der Waals surface area (Å²) < 4.78 is 5.10. The van der Waals surface area contributed by atoms with E-state index in [4.69, 9.17) is 20.4 Å². The van der Waals surface area contributed by atoms with Gasteiger partial charge in [0.15, 0.2) is 0 Å². The van der Waals surface area contributed by atoms with Crippen molar-refractivity contribution in [2.45, 2.75) is 26.3 Å². The van der Waals surface area contributed by atoms with Crippen LogP contribution in [-0.4, -0.2) is 35.7 Å². The molecule has 0 aliphatic heterocycles. The molecule has 1 atom stereocenters. The largest absolute Gasteiger partial charge is 0.481 e. The van der Waals surface area contributed by atoms with Crippen LogP contribution in [0.3, 0.4) is 0 Å². The Hall–Kier alpha value is -0.130. The number of ether oxygens (including phenoxy) is 1. The third kappa shape index (κ3) is 24.5. The minimum atomic E-state index is -0.833. The molecule has 0 fully saturated rings. The Labute approximate surface area is 87.6 Å². The van der Waals surface area contributed by atoms with Crippen LogP contribution in [0.25, 0.3) is 0 Å². The molecule has 0 rings (SSSR count). The number of carbonyl (C=O) groups is 1. The lowest BCUT2D eigenvalue weighted by molar-refractivity contribution is -0.134. The van der Waals surface area contributed by atoms with E-state index in [1.54, 1.807) is 0 Å². The highest BCUT2D eigenvalue weighted by Gasteiger charge is 1.98. The second kappa shape index (κ2) is 11.9. The van der Waals surface area contributed by atoms with Crippen molar-refractivity contribution in [3.8, 4) is 0 Å². The fraction of sp³-hybridized carbons (Fsp3) is 0.875. The van der Waals surface area contributed by atoms with Gasteiger partial charge in [0.1, 0.15) is 0 Å². The highest BCUT2D eigenvalue weighted by molar-refractivity contribution is 9.09. The van der Waals surface area contributed by atoms with Gasteiger partial charge in [0.25, 0.3) is 5.97 Å². The van der Waals surface area contributed by atoms with Crippen molar-refractivity contribution in [3.63, 3.8) is 0 Å². The molecular weight excluding hydrogens is 238 g/mol. The Morgan fingerprint density at radius 2 is 2.15 bits per heavy atom. The van der Waals surface area contributed by atoms with Gasteiger partial charge in [-0.05, 0) is 13.3 Å². The zero-order chi connectivity index (χ0) is 10.7. The molecule has 13 heavy (non-hydrogen) atoms. The summed E-state index contributed by atoms with van der Waals surface area (Å²) in [6.07, 6.45) is 0.986. The first-order chi connectivity index (χ1) is 6.04. The smallest absolute Gasteiger partial charge is 0.300 e. The number of aliphatic carboxylic acids is 1. The highest BCUT2D eigenvalue weighted by Crippen LogP contribution is 1.93. The summed E-state index contributed by atoms with van der Waals surface area (Å²) in [5.74, 6) is -0.833. The third-order valence-electron chi connectivity index (χ3n) is 1.02. The van der Waals surface area contributed by atoms with Crippen molar-refractivity contribution in [1.82, 2.24) is 0 Å². The zero-order valence-electron chi connectivity index (χ0n) is 8.12. The van der Waals surface area contributed by atoms with Crippen LogP contribution in [-0.2, 0) is 9.53 Å². The van der Waals surface area contributed by atoms with Crippen molar-refractivity contribution >= 4 is 21.9 Å². The molecular formula is C8H18BrNO3. The van der Waals surface area contributed by atoms with E-state index < -0.39 is 5.97 Å². The summed E-state index contributed by atoms with van der Waals surface area (Å²) in [5.41, 5.74) is 5.62. The van der Waals surface area contributed by atoms with Crippen LogP contribution < -0.4 is 5.73 Å². The normalized spacial score (nSPS) is 11.4. The second-order valence-electron chi connectivity index (χ2n) is 2.42. The summed E-state index contributed by atoms with van der Waals surface area (Å²) in [6, 6.07) is 0.198. The molecule has 0 aliphatic rings. The van der Waals surface area contributed by atoms with Gasteiger partial charge in [-0.2, -0.15) is 0 Å². The molecule has 80 valence electrons. The number of alkyl halides is 1. The standard InChI is InChI=1S/C6H14BrNO.C2H4O2/c1-2-9-5-6(8)3-4-7;1-2(3)4/h6H,2-5,8H2,1H3;1H3,(H,3,4)/t6-;/m1./s1. The Balaban J connectivity index is 0. The number of hydrogen-bond donors (Lipinski definition) is 2. The number of halogens is 1. The summed E-state index contributed by atoms with van der Waals surface area (Å²) in [5, 5.41) is 8.38. The molecule has 3 N–H and O–H groups in total. The number of carboxylic acids is 1. The quantitative estimate of drug-likeness (QED) is 0.725. The maximum Gasteiger partial charge on any atom is 0.300 e. The minimum absolute atomic E-state index is 0.198. The fourth-order valence-corrected chi connectivity index (χ4v) is 1.08. The molecule has 0 aromatic carbocycles. The van der Waals surface area contributed by atoms with Gasteiger partial charge in [-0.15, -0.1) is 0 Å². The summed E-state index contributed by atoms with van der Waals surface area (Å²) >= 11 is 3.31. The maximum atomic E-state index is 9.00. The van der Waals surface area contributed by atoms with Crippen molar-refractivity contribution in [1.29, 1.82) is 0 Å². The van der Waals surface area contributed by atoms with Crippen LogP contribution in [0.1, 0.15) is 20.3 Å². The monoisotopic (exact) mass is 255 g/mol. The van der Waals surface area contributed by atoms with Crippen LogP contribution in [0.2, 0.25) is 0 Å². The number of carboxylic acid groups (broad SMARTS) is 1. The van der Waals surface area contributed by atoms with Crippen LogP contribution in [0.5, 0.6) is 0 Å². The van der Waals surface area contributed by atoms with Crippen molar-refractivity contribution in [2.24, 2.45) is 5.73 Å². The van der Waals surface area contributed by atoms with Gasteiger partial charge >= 0.3 is 0 Å². The molecule has 0 bridgehead atoms. The molecule has 5 heteroatoms. The number of hydrogen-bond acceptors (Lipinski definition) is 3. The summed E-state index contributed by atoms with van der Waals surface area (Å²) in [7, 11) is 0. The molecule has 0 heterocycles. The van der Waals surface area contributed by atoms with Gasteiger partial charge < -0.3 is 15.6 Å². The predicted octanol–water partition coefficient (Wildman–Crippen LogP) is 1.23. The summed E-state index contributed by atoms with van der Waals surface area (Å²) in [6.45, 7) is 4.50. The van der Waals surface area contributed by atoms with Gasteiger partial charge in [-0.3, -0.25) is 4.79 Å². The van der Waals surface area contributed by atoms with Crippen LogP contribution >= 0.6 is 15.9 Å². The van der Waals surface area contributed by atoms with Crippen molar-refractivity contribution in [3.05, 3.63) is 0 Å². The van der Waals surface area contributed by atoms with Crippen molar-refractivity contribution < 1.29 is 14.6 Å². The van der Waals surface area contributed by atoms with Gasteiger partial charge in [0.05, 0.1) is 6.61 Å². The molecule has 0 amide bonds. The van der Waals surface area contributed by atoms with Gasteiger partial charge in [-0.1, -0.05) is 15.9 Å². The number of nitrogens with two attached hydrogens (primary N) is 1. The Bertz CT molecular complexity index is 118. The van der Waals surface area contributed by atoms with E-state index in [9.17, 15) is 0 Å². The molecule has 0 saturated heterocycles. The second-order valence-corrected chi connectivity index (χ2v) is 3.21. The first kappa shape index (κ1) is 15.3. The Kier molecular flexibility index (Phi) is 14.0. The van der Waals surface area contributed by atoms with E-state index in [1.165, 1.54) is 0 Å². The van der Waals surface area contributed by atoms with Gasteiger partial charge in [0.2, 0.25) is 0 Å². The Morgan fingerprint density at radius 3 is 2.46 bits per heavy atom. The molecule has 0 aliphatic carbocycles. The van der Waals surface area contributed by atoms with Gasteiger partial charge in [-0.25, -0.2) is 0 Å². The van der Waals surface area contributed by atoms with E-state index in [2.05, 4.69) is 15.9 Å². The van der Waals surface area contributed by atoms with E-state index >= 15 is 0 Å². The first-order valence-electron chi connectivity index (χ1n) is 4.13. The van der Waals surface area contributed by atoms with Crippen molar-refractivity contribution in [2.75, 3.05) is 18.5 Å². The third-order valence-corrected chi connectivity index (χ3v) is 1.47. The lowest BCUT2D eigenvalue weighted by Crippen LogP contribution is -2.26. The van der Waals surface area contributed by atoms with Crippen LogP contribution in [0.15, 0.2) is 0 Å². The maximum absolute atomic E-state index is 9.00. The Morgan fingerprint density at radius 1 is 1.69 bits per heavy atom. The molecule has 0 spiro atoms.